The third-order valence-corrected chi connectivity index (χ3v) is 7.93. The fourth-order valence-corrected chi connectivity index (χ4v) is 5.98. The van der Waals surface area contributed by atoms with Crippen LogP contribution in [0.2, 0.25) is 5.02 Å². The maximum absolute atomic E-state index is 10.9. The molecule has 1 saturated carbocycles. The summed E-state index contributed by atoms with van der Waals surface area (Å²) in [5, 5.41) is 11.5. The van der Waals surface area contributed by atoms with E-state index in [0.717, 1.165) is 29.6 Å². The maximum atomic E-state index is 10.9. The molecule has 0 aromatic heterocycles. The van der Waals surface area contributed by atoms with Crippen molar-refractivity contribution in [3.05, 3.63) is 70.2 Å². The highest BCUT2D eigenvalue weighted by Crippen LogP contribution is 2.34. The fourth-order valence-electron chi connectivity index (χ4n) is 5.74. The summed E-state index contributed by atoms with van der Waals surface area (Å²) in [6.07, 6.45) is 12.0. The van der Waals surface area contributed by atoms with E-state index in [1.165, 1.54) is 69.9 Å². The van der Waals surface area contributed by atoms with Gasteiger partial charge in [0.1, 0.15) is 6.10 Å². The molecule has 0 amide bonds. The van der Waals surface area contributed by atoms with Gasteiger partial charge in [0.25, 0.3) is 0 Å². The molecule has 3 heteroatoms. The highest BCUT2D eigenvalue weighted by atomic mass is 35.5. The predicted molar refractivity (Wildman–Crippen MR) is 131 cm³/mol. The number of halogens is 1. The number of hydrogen-bond donors (Lipinski definition) is 1. The van der Waals surface area contributed by atoms with Gasteiger partial charge >= 0.3 is 0 Å². The molecule has 2 aromatic carbocycles. The lowest BCUT2D eigenvalue weighted by molar-refractivity contribution is 0.111. The number of benzene rings is 2. The van der Waals surface area contributed by atoms with Crippen LogP contribution in [0.1, 0.15) is 93.4 Å². The molecule has 1 saturated heterocycles. The van der Waals surface area contributed by atoms with Crippen molar-refractivity contribution in [1.29, 1.82) is 0 Å². The van der Waals surface area contributed by atoms with E-state index < -0.39 is 6.10 Å². The molecule has 1 N–H and O–H groups in total. The third kappa shape index (κ3) is 5.92. The molecule has 31 heavy (non-hydrogen) atoms. The molecule has 4 rings (SSSR count). The molecule has 1 aliphatic carbocycles. The molecule has 2 nitrogen and oxygen atoms in total. The second kappa shape index (κ2) is 11.0. The molecule has 2 aromatic rings. The lowest BCUT2D eigenvalue weighted by atomic mass is 9.82. The van der Waals surface area contributed by atoms with Crippen molar-refractivity contribution in [2.75, 3.05) is 13.1 Å². The van der Waals surface area contributed by atoms with Crippen molar-refractivity contribution >= 4 is 11.6 Å². The Hall–Kier alpha value is -1.35. The third-order valence-electron chi connectivity index (χ3n) is 7.58. The van der Waals surface area contributed by atoms with Crippen molar-refractivity contribution in [2.45, 2.75) is 82.8 Å². The van der Waals surface area contributed by atoms with Gasteiger partial charge in [-0.1, -0.05) is 99.5 Å². The van der Waals surface area contributed by atoms with Crippen LogP contribution in [0, 0.1) is 5.92 Å². The first-order chi connectivity index (χ1) is 15.1. The Labute approximate surface area is 193 Å². The average Bonchev–Trinajstić information content (AvgIpc) is 2.81. The number of likely N-dealkylation sites (tertiary alicyclic amines) is 1. The van der Waals surface area contributed by atoms with Gasteiger partial charge in [-0.25, -0.2) is 0 Å². The van der Waals surface area contributed by atoms with Gasteiger partial charge in [0.2, 0.25) is 0 Å². The van der Waals surface area contributed by atoms with Gasteiger partial charge in [-0.15, -0.1) is 0 Å². The summed E-state index contributed by atoms with van der Waals surface area (Å²) < 4.78 is 0. The monoisotopic (exact) mass is 439 g/mol. The van der Waals surface area contributed by atoms with E-state index in [2.05, 4.69) is 30.0 Å². The Balaban J connectivity index is 1.43. The Kier molecular flexibility index (Phi) is 8.09. The lowest BCUT2D eigenvalue weighted by Gasteiger charge is -2.40. The van der Waals surface area contributed by atoms with E-state index in [1.54, 1.807) is 0 Å². The number of rotatable bonds is 7. The SMILES string of the molecule is CC(CN1CCCCC1CC1CCCCC1)c1cccc(C(O)c2ccccc2Cl)c1. The van der Waals surface area contributed by atoms with E-state index in [4.69, 9.17) is 11.6 Å². The number of nitrogens with zero attached hydrogens (tertiary/aromatic N) is 1. The summed E-state index contributed by atoms with van der Waals surface area (Å²) in [6.45, 7) is 4.69. The molecular weight excluding hydrogens is 402 g/mol. The van der Waals surface area contributed by atoms with Crippen LogP contribution in [0.25, 0.3) is 0 Å². The number of aliphatic hydroxyl groups excluding tert-OH is 1. The van der Waals surface area contributed by atoms with Crippen molar-refractivity contribution in [1.82, 2.24) is 4.90 Å². The van der Waals surface area contributed by atoms with Crippen LogP contribution in [-0.4, -0.2) is 29.1 Å². The van der Waals surface area contributed by atoms with Crippen molar-refractivity contribution < 1.29 is 5.11 Å². The summed E-state index contributed by atoms with van der Waals surface area (Å²) >= 11 is 6.33. The molecule has 0 radical (unpaired) electrons. The molecule has 0 spiro atoms. The van der Waals surface area contributed by atoms with Crippen molar-refractivity contribution in [3.63, 3.8) is 0 Å². The zero-order valence-electron chi connectivity index (χ0n) is 19.0. The Morgan fingerprint density at radius 2 is 1.68 bits per heavy atom. The van der Waals surface area contributed by atoms with E-state index in [-0.39, 0.29) is 0 Å². The van der Waals surface area contributed by atoms with Crippen LogP contribution in [0.15, 0.2) is 48.5 Å². The fraction of sp³-hybridized carbons (Fsp3) is 0.571. The summed E-state index contributed by atoms with van der Waals surface area (Å²) in [4.78, 5) is 2.78. The van der Waals surface area contributed by atoms with Crippen LogP contribution in [-0.2, 0) is 0 Å². The number of hydrogen-bond acceptors (Lipinski definition) is 2. The van der Waals surface area contributed by atoms with Gasteiger partial charge < -0.3 is 5.11 Å². The minimum Gasteiger partial charge on any atom is -0.384 e. The van der Waals surface area contributed by atoms with Gasteiger partial charge in [-0.2, -0.15) is 0 Å². The normalized spacial score (nSPS) is 22.9. The topological polar surface area (TPSA) is 23.5 Å². The highest BCUT2D eigenvalue weighted by molar-refractivity contribution is 6.31. The molecule has 1 heterocycles. The van der Waals surface area contributed by atoms with Gasteiger partial charge in [0.15, 0.2) is 0 Å². The zero-order chi connectivity index (χ0) is 21.6. The summed E-state index contributed by atoms with van der Waals surface area (Å²) in [7, 11) is 0. The Morgan fingerprint density at radius 1 is 0.935 bits per heavy atom. The Morgan fingerprint density at radius 3 is 2.48 bits per heavy atom. The first-order valence-corrected chi connectivity index (χ1v) is 12.8. The molecule has 2 aliphatic rings. The van der Waals surface area contributed by atoms with Gasteiger partial charge in [0.05, 0.1) is 0 Å². The number of aliphatic hydroxyl groups is 1. The van der Waals surface area contributed by atoms with E-state index in [1.807, 2.05) is 30.3 Å². The minimum atomic E-state index is -0.685. The lowest BCUT2D eigenvalue weighted by Crippen LogP contribution is -2.42. The zero-order valence-corrected chi connectivity index (χ0v) is 19.7. The largest absolute Gasteiger partial charge is 0.384 e. The second-order valence-electron chi connectivity index (χ2n) is 9.88. The second-order valence-corrected chi connectivity index (χ2v) is 10.3. The summed E-state index contributed by atoms with van der Waals surface area (Å²) in [6, 6.07) is 16.8. The molecule has 2 fully saturated rings. The van der Waals surface area contributed by atoms with E-state index in [9.17, 15) is 5.11 Å². The first kappa shape index (κ1) is 22.8. The van der Waals surface area contributed by atoms with Gasteiger partial charge in [-0.3, -0.25) is 4.90 Å². The smallest absolute Gasteiger partial charge is 0.105 e. The van der Waals surface area contributed by atoms with Crippen LogP contribution in [0.4, 0.5) is 0 Å². The standard InChI is InChI=1S/C28H38ClNO/c1-21(20-30-17-8-7-14-25(30)18-22-10-3-2-4-11-22)23-12-9-13-24(19-23)28(31)26-15-5-6-16-27(26)29/h5-6,9,12-13,15-16,19,21-22,25,28,31H,2-4,7-8,10-11,14,17-18,20H2,1H3. The first-order valence-electron chi connectivity index (χ1n) is 12.4. The van der Waals surface area contributed by atoms with Crippen LogP contribution < -0.4 is 0 Å². The van der Waals surface area contributed by atoms with Gasteiger partial charge in [-0.05, 0) is 54.8 Å². The molecule has 168 valence electrons. The highest BCUT2D eigenvalue weighted by Gasteiger charge is 2.27. The average molecular weight is 440 g/mol. The van der Waals surface area contributed by atoms with E-state index >= 15 is 0 Å². The number of piperidine rings is 1. The maximum Gasteiger partial charge on any atom is 0.105 e. The molecular formula is C28H38ClNO. The molecule has 0 bridgehead atoms. The molecule has 3 atom stereocenters. The molecule has 3 unspecified atom stereocenters. The summed E-state index contributed by atoms with van der Waals surface area (Å²) in [5.41, 5.74) is 3.01. The van der Waals surface area contributed by atoms with Crippen molar-refractivity contribution in [3.8, 4) is 0 Å². The summed E-state index contributed by atoms with van der Waals surface area (Å²) in [5.74, 6) is 1.40. The predicted octanol–water partition coefficient (Wildman–Crippen LogP) is 7.35. The van der Waals surface area contributed by atoms with E-state index in [0.29, 0.717) is 10.9 Å². The van der Waals surface area contributed by atoms with Crippen molar-refractivity contribution in [2.24, 2.45) is 5.92 Å². The van der Waals surface area contributed by atoms with Crippen LogP contribution in [0.5, 0.6) is 0 Å². The minimum absolute atomic E-state index is 0.449. The van der Waals surface area contributed by atoms with Crippen LogP contribution >= 0.6 is 11.6 Å². The van der Waals surface area contributed by atoms with Gasteiger partial charge in [0, 0.05) is 23.2 Å². The Bertz CT molecular complexity index is 831. The van der Waals surface area contributed by atoms with Crippen LogP contribution in [0.3, 0.4) is 0 Å². The molecule has 1 aliphatic heterocycles. The quantitative estimate of drug-likeness (QED) is 0.487.